The van der Waals surface area contributed by atoms with Crippen LogP contribution >= 0.6 is 0 Å². The van der Waals surface area contributed by atoms with E-state index in [0.717, 1.165) is 71.8 Å². The van der Waals surface area contributed by atoms with E-state index >= 15 is 0 Å². The van der Waals surface area contributed by atoms with Crippen LogP contribution in [-0.2, 0) is 0 Å². The van der Waals surface area contributed by atoms with E-state index in [9.17, 15) is 0 Å². The van der Waals surface area contributed by atoms with Gasteiger partial charge in [0.25, 0.3) is 0 Å². The summed E-state index contributed by atoms with van der Waals surface area (Å²) < 4.78 is 2.42. The van der Waals surface area contributed by atoms with Gasteiger partial charge in [0.2, 0.25) is 0 Å². The SMILES string of the molecule is c1ccc(-c2nc3cc(-c4ccc(-c5nc(-c6ccc7ccccc7c6)nc(-c6ccc7ccccc7c6)n5)cc4)ccc3c3c2ccc2c4ccccc4n(-c4ccccc4)c23)cc1. The number of para-hydroxylation sites is 2. The Morgan fingerprint density at radius 2 is 0.800 bits per heavy atom. The van der Waals surface area contributed by atoms with Crippen LogP contribution in [0.2, 0.25) is 0 Å². The van der Waals surface area contributed by atoms with Crippen LogP contribution in [0.4, 0.5) is 0 Å². The topological polar surface area (TPSA) is 56.5 Å². The molecule has 13 rings (SSSR count). The van der Waals surface area contributed by atoms with Crippen molar-refractivity contribution in [2.24, 2.45) is 0 Å². The largest absolute Gasteiger partial charge is 0.309 e. The highest BCUT2D eigenvalue weighted by molar-refractivity contribution is 6.27. The minimum absolute atomic E-state index is 0.620. The lowest BCUT2D eigenvalue weighted by Gasteiger charge is -2.15. The summed E-state index contributed by atoms with van der Waals surface area (Å²) in [5, 5.41) is 10.5. The second kappa shape index (κ2) is 14.9. The lowest BCUT2D eigenvalue weighted by atomic mass is 9.95. The normalized spacial score (nSPS) is 11.7. The Kier molecular flexibility index (Phi) is 8.46. The van der Waals surface area contributed by atoms with Gasteiger partial charge >= 0.3 is 0 Å². The zero-order valence-electron chi connectivity index (χ0n) is 35.1. The van der Waals surface area contributed by atoms with Gasteiger partial charge in [-0.25, -0.2) is 19.9 Å². The molecule has 65 heavy (non-hydrogen) atoms. The highest BCUT2D eigenvalue weighted by Crippen LogP contribution is 2.43. The van der Waals surface area contributed by atoms with Crippen molar-refractivity contribution in [2.45, 2.75) is 0 Å². The van der Waals surface area contributed by atoms with E-state index in [1.807, 2.05) is 0 Å². The third-order valence-corrected chi connectivity index (χ3v) is 12.8. The highest BCUT2D eigenvalue weighted by Gasteiger charge is 2.20. The van der Waals surface area contributed by atoms with Crippen molar-refractivity contribution >= 4 is 65.0 Å². The first kappa shape index (κ1) is 36.8. The van der Waals surface area contributed by atoms with E-state index < -0.39 is 0 Å². The van der Waals surface area contributed by atoms with Gasteiger partial charge in [0.1, 0.15) is 0 Å². The molecule has 0 N–H and O–H groups in total. The average Bonchev–Trinajstić information content (AvgIpc) is 3.73. The Balaban J connectivity index is 0.967. The number of fused-ring (bicyclic) bond motifs is 9. The van der Waals surface area contributed by atoms with Crippen LogP contribution in [0, 0.1) is 0 Å². The molecule has 0 aliphatic heterocycles. The van der Waals surface area contributed by atoms with Gasteiger partial charge in [-0.1, -0.05) is 188 Å². The summed E-state index contributed by atoms with van der Waals surface area (Å²) in [4.78, 5) is 20.8. The molecule has 0 atom stereocenters. The third kappa shape index (κ3) is 6.24. The number of benzene rings is 10. The van der Waals surface area contributed by atoms with Crippen LogP contribution in [-0.4, -0.2) is 24.5 Å². The van der Waals surface area contributed by atoms with E-state index in [1.165, 1.54) is 38.0 Å². The van der Waals surface area contributed by atoms with Crippen molar-refractivity contribution in [3.8, 4) is 62.2 Å². The molecule has 0 saturated carbocycles. The Morgan fingerprint density at radius 1 is 0.292 bits per heavy atom. The average molecular weight is 828 g/mol. The Bertz CT molecular complexity index is 3890. The van der Waals surface area contributed by atoms with E-state index in [2.05, 4.69) is 229 Å². The van der Waals surface area contributed by atoms with Crippen LogP contribution < -0.4 is 0 Å². The van der Waals surface area contributed by atoms with Gasteiger partial charge < -0.3 is 4.57 Å². The summed E-state index contributed by atoms with van der Waals surface area (Å²) >= 11 is 0. The first-order valence-corrected chi connectivity index (χ1v) is 22.0. The molecule has 13 aromatic rings. The van der Waals surface area contributed by atoms with E-state index in [1.54, 1.807) is 0 Å². The first-order chi connectivity index (χ1) is 32.2. The van der Waals surface area contributed by atoms with Crippen molar-refractivity contribution in [1.82, 2.24) is 24.5 Å². The minimum Gasteiger partial charge on any atom is -0.309 e. The molecule has 0 aliphatic rings. The predicted octanol–water partition coefficient (Wildman–Crippen LogP) is 15.3. The minimum atomic E-state index is 0.620. The number of rotatable bonds is 6. The standard InChI is InChI=1S/C60H37N5/c1-3-15-41(16-4-1)56-52-34-33-50-49-21-11-12-22-54(49)65(48-19-5-2-6-20-48)57(50)55(52)51-32-31-45(37-53(51)61-56)40-23-27-42(28-24-40)58-62-59(46-29-25-38-13-7-9-17-43(38)35-46)64-60(63-58)47-30-26-39-14-8-10-18-44(39)36-47/h1-37H. The molecule has 5 heteroatoms. The smallest absolute Gasteiger partial charge is 0.164 e. The molecule has 10 aromatic carbocycles. The quantitative estimate of drug-likeness (QED) is 0.157. The first-order valence-electron chi connectivity index (χ1n) is 22.0. The Labute approximate surface area is 374 Å². The zero-order chi connectivity index (χ0) is 42.8. The summed E-state index contributed by atoms with van der Waals surface area (Å²) in [6.45, 7) is 0. The molecule has 0 radical (unpaired) electrons. The van der Waals surface area contributed by atoms with E-state index in [0.29, 0.717) is 17.5 Å². The van der Waals surface area contributed by atoms with E-state index in [4.69, 9.17) is 19.9 Å². The molecular formula is C60H37N5. The maximum absolute atomic E-state index is 5.47. The molecule has 3 aromatic heterocycles. The fourth-order valence-corrected chi connectivity index (χ4v) is 9.62. The maximum Gasteiger partial charge on any atom is 0.164 e. The van der Waals surface area contributed by atoms with Crippen LogP contribution in [0.5, 0.6) is 0 Å². The number of hydrogen-bond donors (Lipinski definition) is 0. The van der Waals surface area contributed by atoms with Gasteiger partial charge in [-0.05, 0) is 69.1 Å². The second-order valence-corrected chi connectivity index (χ2v) is 16.6. The van der Waals surface area contributed by atoms with Gasteiger partial charge in [-0.15, -0.1) is 0 Å². The summed E-state index contributed by atoms with van der Waals surface area (Å²) in [5.74, 6) is 1.89. The summed E-state index contributed by atoms with van der Waals surface area (Å²) in [5.41, 5.74) is 11.4. The predicted molar refractivity (Wildman–Crippen MR) is 269 cm³/mol. The second-order valence-electron chi connectivity index (χ2n) is 16.6. The maximum atomic E-state index is 5.47. The highest BCUT2D eigenvalue weighted by atomic mass is 15.0. The number of nitrogens with zero attached hydrogens (tertiary/aromatic N) is 5. The van der Waals surface area contributed by atoms with Gasteiger partial charge in [-0.3, -0.25) is 0 Å². The molecular weight excluding hydrogens is 791 g/mol. The van der Waals surface area contributed by atoms with Gasteiger partial charge in [-0.2, -0.15) is 0 Å². The Hall–Kier alpha value is -8.80. The number of hydrogen-bond acceptors (Lipinski definition) is 4. The van der Waals surface area contributed by atoms with Crippen LogP contribution in [0.1, 0.15) is 0 Å². The van der Waals surface area contributed by atoms with Crippen molar-refractivity contribution in [2.75, 3.05) is 0 Å². The molecule has 0 unspecified atom stereocenters. The van der Waals surface area contributed by atoms with Gasteiger partial charge in [0.15, 0.2) is 17.5 Å². The van der Waals surface area contributed by atoms with Gasteiger partial charge in [0, 0.05) is 54.9 Å². The van der Waals surface area contributed by atoms with Crippen molar-refractivity contribution in [3.63, 3.8) is 0 Å². The number of pyridine rings is 1. The van der Waals surface area contributed by atoms with Gasteiger partial charge in [0.05, 0.1) is 22.2 Å². The van der Waals surface area contributed by atoms with E-state index in [-0.39, 0.29) is 0 Å². The van der Waals surface area contributed by atoms with Crippen molar-refractivity contribution in [3.05, 3.63) is 224 Å². The molecule has 302 valence electrons. The monoisotopic (exact) mass is 827 g/mol. The molecule has 0 saturated heterocycles. The molecule has 5 nitrogen and oxygen atoms in total. The summed E-state index contributed by atoms with van der Waals surface area (Å²) in [6, 6.07) is 79.3. The number of aromatic nitrogens is 5. The molecule has 0 aliphatic carbocycles. The van der Waals surface area contributed by atoms with Crippen LogP contribution in [0.15, 0.2) is 224 Å². The summed E-state index contributed by atoms with van der Waals surface area (Å²) in [6.07, 6.45) is 0. The van der Waals surface area contributed by atoms with Crippen molar-refractivity contribution in [1.29, 1.82) is 0 Å². The lowest BCUT2D eigenvalue weighted by Crippen LogP contribution is -2.00. The fourth-order valence-electron chi connectivity index (χ4n) is 9.62. The molecule has 0 spiro atoms. The van der Waals surface area contributed by atoms with Crippen LogP contribution in [0.25, 0.3) is 127 Å². The van der Waals surface area contributed by atoms with Crippen molar-refractivity contribution < 1.29 is 0 Å². The van der Waals surface area contributed by atoms with Crippen LogP contribution in [0.3, 0.4) is 0 Å². The zero-order valence-corrected chi connectivity index (χ0v) is 35.1. The molecule has 3 heterocycles. The molecule has 0 fully saturated rings. The Morgan fingerprint density at radius 3 is 1.48 bits per heavy atom. The summed E-state index contributed by atoms with van der Waals surface area (Å²) in [7, 11) is 0. The third-order valence-electron chi connectivity index (χ3n) is 12.8. The molecule has 0 amide bonds. The fraction of sp³-hybridized carbons (Fsp3) is 0. The lowest BCUT2D eigenvalue weighted by molar-refractivity contribution is 1.08. The molecule has 0 bridgehead atoms.